The van der Waals surface area contributed by atoms with Crippen LogP contribution in [0.1, 0.15) is 13.8 Å². The van der Waals surface area contributed by atoms with E-state index in [9.17, 15) is 0 Å². The van der Waals surface area contributed by atoms with Crippen LogP contribution in [0.25, 0.3) is 0 Å². The minimum Gasteiger partial charge on any atom is -0.389 e. The van der Waals surface area contributed by atoms with Gasteiger partial charge in [-0.2, -0.15) is 0 Å². The average molecular weight is 86.1 g/mol. The second-order valence-electron chi connectivity index (χ2n) is 1.27. The molecule has 1 heteroatoms. The van der Waals surface area contributed by atoms with Crippen molar-refractivity contribution < 1.29 is 5.11 Å². The summed E-state index contributed by atoms with van der Waals surface area (Å²) < 4.78 is 0. The molecule has 0 aromatic carbocycles. The molecule has 0 saturated carbocycles. The summed E-state index contributed by atoms with van der Waals surface area (Å²) in [6, 6.07) is 0. The molecule has 0 spiro atoms. The van der Waals surface area contributed by atoms with E-state index in [1.807, 2.05) is 13.0 Å². The Morgan fingerprint density at radius 1 is 1.67 bits per heavy atom. The highest BCUT2D eigenvalue weighted by atomic mass is 16.3. The zero-order valence-electron chi connectivity index (χ0n) is 4.18. The highest BCUT2D eigenvalue weighted by molar-refractivity contribution is 4.81. The molecule has 6 heavy (non-hydrogen) atoms. The summed E-state index contributed by atoms with van der Waals surface area (Å²) >= 11 is 0. The SMILES string of the molecule is C/C=C/C(C)O. The van der Waals surface area contributed by atoms with Gasteiger partial charge in [-0.25, -0.2) is 0 Å². The van der Waals surface area contributed by atoms with Gasteiger partial charge in [0.2, 0.25) is 0 Å². The maximum absolute atomic E-state index is 8.47. The van der Waals surface area contributed by atoms with Crippen LogP contribution in [0.2, 0.25) is 0 Å². The van der Waals surface area contributed by atoms with Gasteiger partial charge in [-0.1, -0.05) is 12.2 Å². The number of hydrogen-bond donors (Lipinski definition) is 1. The summed E-state index contributed by atoms with van der Waals surface area (Å²) in [5, 5.41) is 8.47. The molecule has 0 heterocycles. The van der Waals surface area contributed by atoms with E-state index in [1.54, 1.807) is 13.0 Å². The van der Waals surface area contributed by atoms with Crippen LogP contribution in [0.5, 0.6) is 0 Å². The molecule has 1 nitrogen and oxygen atoms in total. The lowest BCUT2D eigenvalue weighted by Crippen LogP contribution is -1.89. The van der Waals surface area contributed by atoms with E-state index in [-0.39, 0.29) is 6.10 Å². The van der Waals surface area contributed by atoms with E-state index in [0.29, 0.717) is 0 Å². The van der Waals surface area contributed by atoms with Crippen LogP contribution in [0.15, 0.2) is 12.2 Å². The van der Waals surface area contributed by atoms with Crippen LogP contribution in [0.4, 0.5) is 0 Å². The van der Waals surface area contributed by atoms with Crippen molar-refractivity contribution in [3.8, 4) is 0 Å². The molecule has 0 aromatic rings. The summed E-state index contributed by atoms with van der Waals surface area (Å²) in [4.78, 5) is 0. The number of aliphatic hydroxyl groups excluding tert-OH is 1. The fourth-order valence-corrected chi connectivity index (χ4v) is 0.279. The Bertz CT molecular complexity index is 45.9. The van der Waals surface area contributed by atoms with Crippen molar-refractivity contribution in [1.82, 2.24) is 0 Å². The highest BCUT2D eigenvalue weighted by Crippen LogP contribution is 1.78. The standard InChI is InChI=1S/C5H10O/c1-3-4-5(2)6/h3-6H,1-2H3/b4-3+. The fraction of sp³-hybridized carbons (Fsp3) is 0.600. The molecule has 1 unspecified atom stereocenters. The number of hydrogen-bond acceptors (Lipinski definition) is 1. The molecule has 0 saturated heterocycles. The third-order valence-corrected chi connectivity index (χ3v) is 0.471. The topological polar surface area (TPSA) is 20.2 Å². The first-order chi connectivity index (χ1) is 2.77. The van der Waals surface area contributed by atoms with E-state index >= 15 is 0 Å². The van der Waals surface area contributed by atoms with Crippen LogP contribution in [-0.2, 0) is 0 Å². The quantitative estimate of drug-likeness (QED) is 0.471. The molecule has 1 N–H and O–H groups in total. The predicted octanol–water partition coefficient (Wildman–Crippen LogP) is 0.943. The van der Waals surface area contributed by atoms with Crippen molar-refractivity contribution >= 4 is 0 Å². The molecule has 0 bridgehead atoms. The van der Waals surface area contributed by atoms with Crippen molar-refractivity contribution in [2.24, 2.45) is 0 Å². The van der Waals surface area contributed by atoms with E-state index in [2.05, 4.69) is 0 Å². The maximum Gasteiger partial charge on any atom is 0.0692 e. The molecule has 0 amide bonds. The van der Waals surface area contributed by atoms with Gasteiger partial charge >= 0.3 is 0 Å². The van der Waals surface area contributed by atoms with E-state index in [4.69, 9.17) is 5.11 Å². The minimum absolute atomic E-state index is 0.282. The van der Waals surface area contributed by atoms with Crippen molar-refractivity contribution in [2.75, 3.05) is 0 Å². The molecular weight excluding hydrogens is 76.1 g/mol. The summed E-state index contributed by atoms with van der Waals surface area (Å²) in [6.07, 6.45) is 3.26. The molecule has 36 valence electrons. The monoisotopic (exact) mass is 86.1 g/mol. The van der Waals surface area contributed by atoms with Crippen LogP contribution in [-0.4, -0.2) is 11.2 Å². The van der Waals surface area contributed by atoms with Gasteiger partial charge in [-0.3, -0.25) is 0 Å². The van der Waals surface area contributed by atoms with Crippen LogP contribution < -0.4 is 0 Å². The average Bonchev–Trinajstić information content (AvgIpc) is 1.35. The van der Waals surface area contributed by atoms with Gasteiger partial charge in [-0.05, 0) is 13.8 Å². The Morgan fingerprint density at radius 3 is 2.17 bits per heavy atom. The molecular formula is C5H10O. The Morgan fingerprint density at radius 2 is 2.17 bits per heavy atom. The van der Waals surface area contributed by atoms with Gasteiger partial charge in [0.25, 0.3) is 0 Å². The van der Waals surface area contributed by atoms with Gasteiger partial charge in [-0.15, -0.1) is 0 Å². The van der Waals surface area contributed by atoms with Crippen molar-refractivity contribution in [3.05, 3.63) is 12.2 Å². The number of aliphatic hydroxyl groups is 1. The summed E-state index contributed by atoms with van der Waals surface area (Å²) in [6.45, 7) is 3.60. The molecule has 0 aliphatic rings. The Balaban J connectivity index is 3.03. The lowest BCUT2D eigenvalue weighted by atomic mass is 10.4. The van der Waals surface area contributed by atoms with Crippen molar-refractivity contribution in [1.29, 1.82) is 0 Å². The van der Waals surface area contributed by atoms with Crippen molar-refractivity contribution in [2.45, 2.75) is 20.0 Å². The zero-order valence-corrected chi connectivity index (χ0v) is 4.18. The fourth-order valence-electron chi connectivity index (χ4n) is 0.279. The smallest absolute Gasteiger partial charge is 0.0692 e. The first kappa shape index (κ1) is 5.70. The summed E-state index contributed by atoms with van der Waals surface area (Å²) in [7, 11) is 0. The van der Waals surface area contributed by atoms with Gasteiger partial charge in [0.15, 0.2) is 0 Å². The first-order valence-electron chi connectivity index (χ1n) is 2.08. The second-order valence-corrected chi connectivity index (χ2v) is 1.27. The number of allylic oxidation sites excluding steroid dienone is 1. The van der Waals surface area contributed by atoms with Crippen LogP contribution >= 0.6 is 0 Å². The molecule has 0 aliphatic heterocycles. The highest BCUT2D eigenvalue weighted by Gasteiger charge is 1.78. The van der Waals surface area contributed by atoms with Gasteiger partial charge < -0.3 is 5.11 Å². The summed E-state index contributed by atoms with van der Waals surface area (Å²) in [5.41, 5.74) is 0. The number of rotatable bonds is 1. The lowest BCUT2D eigenvalue weighted by molar-refractivity contribution is 0.244. The van der Waals surface area contributed by atoms with E-state index in [0.717, 1.165) is 0 Å². The third kappa shape index (κ3) is 3.70. The van der Waals surface area contributed by atoms with Gasteiger partial charge in [0, 0.05) is 0 Å². The first-order valence-corrected chi connectivity index (χ1v) is 2.08. The third-order valence-electron chi connectivity index (χ3n) is 0.471. The van der Waals surface area contributed by atoms with Crippen LogP contribution in [0, 0.1) is 0 Å². The minimum atomic E-state index is -0.282. The Hall–Kier alpha value is -0.300. The largest absolute Gasteiger partial charge is 0.389 e. The maximum atomic E-state index is 8.47. The normalized spacial score (nSPS) is 15.8. The molecule has 0 rings (SSSR count). The zero-order chi connectivity index (χ0) is 4.99. The molecule has 0 aliphatic carbocycles. The Kier molecular flexibility index (Phi) is 2.77. The van der Waals surface area contributed by atoms with Crippen LogP contribution in [0.3, 0.4) is 0 Å². The van der Waals surface area contributed by atoms with Crippen molar-refractivity contribution in [3.63, 3.8) is 0 Å². The van der Waals surface area contributed by atoms with E-state index < -0.39 is 0 Å². The molecule has 1 atom stereocenters. The second kappa shape index (κ2) is 2.91. The predicted molar refractivity (Wildman–Crippen MR) is 26.5 cm³/mol. The summed E-state index contributed by atoms with van der Waals surface area (Å²) in [5.74, 6) is 0. The lowest BCUT2D eigenvalue weighted by Gasteiger charge is -1.87. The van der Waals surface area contributed by atoms with Gasteiger partial charge in [0.05, 0.1) is 6.10 Å². The van der Waals surface area contributed by atoms with Gasteiger partial charge in [0.1, 0.15) is 0 Å². The molecule has 0 aromatic heterocycles. The Labute approximate surface area is 38.3 Å². The van der Waals surface area contributed by atoms with E-state index in [1.165, 1.54) is 0 Å². The molecule has 0 fully saturated rings. The molecule has 0 radical (unpaired) electrons.